The SMILES string of the molecule is Cc1ccc2c(c1)C(C(=O)O)CC(C)(C)O2. The van der Waals surface area contributed by atoms with E-state index in [1.807, 2.05) is 39.0 Å². The summed E-state index contributed by atoms with van der Waals surface area (Å²) in [7, 11) is 0. The topological polar surface area (TPSA) is 46.5 Å². The fourth-order valence-corrected chi connectivity index (χ4v) is 2.19. The molecule has 1 aromatic carbocycles. The van der Waals surface area contributed by atoms with Gasteiger partial charge in [-0.25, -0.2) is 0 Å². The summed E-state index contributed by atoms with van der Waals surface area (Å²) in [6.45, 7) is 5.80. The Hall–Kier alpha value is -1.51. The Morgan fingerprint density at radius 2 is 2.19 bits per heavy atom. The van der Waals surface area contributed by atoms with E-state index < -0.39 is 17.5 Å². The van der Waals surface area contributed by atoms with Crippen LogP contribution in [0.15, 0.2) is 18.2 Å². The summed E-state index contributed by atoms with van der Waals surface area (Å²) in [5.41, 5.74) is 1.45. The Kier molecular flexibility index (Phi) is 2.41. The Bertz CT molecular complexity index is 435. The molecule has 86 valence electrons. The quantitative estimate of drug-likeness (QED) is 0.791. The van der Waals surface area contributed by atoms with Crippen LogP contribution in [0.4, 0.5) is 0 Å². The molecule has 3 heteroatoms. The first-order valence-electron chi connectivity index (χ1n) is 5.41. The smallest absolute Gasteiger partial charge is 0.311 e. The van der Waals surface area contributed by atoms with E-state index in [2.05, 4.69) is 0 Å². The average Bonchev–Trinajstić information content (AvgIpc) is 2.16. The molecule has 0 saturated heterocycles. The predicted molar refractivity (Wildman–Crippen MR) is 60.9 cm³/mol. The van der Waals surface area contributed by atoms with Gasteiger partial charge in [-0.3, -0.25) is 4.79 Å². The summed E-state index contributed by atoms with van der Waals surface area (Å²) in [5.74, 6) is -0.531. The summed E-state index contributed by atoms with van der Waals surface area (Å²) < 4.78 is 5.79. The van der Waals surface area contributed by atoms with Crippen LogP contribution in [0, 0.1) is 6.92 Å². The van der Waals surface area contributed by atoms with E-state index in [0.29, 0.717) is 12.2 Å². The molecular weight excluding hydrogens is 204 g/mol. The van der Waals surface area contributed by atoms with E-state index in [0.717, 1.165) is 11.1 Å². The lowest BCUT2D eigenvalue weighted by Crippen LogP contribution is -2.37. The van der Waals surface area contributed by atoms with Gasteiger partial charge in [0.15, 0.2) is 0 Å². The lowest BCUT2D eigenvalue weighted by Gasteiger charge is -2.36. The summed E-state index contributed by atoms with van der Waals surface area (Å²) in [6.07, 6.45) is 0.513. The molecule has 0 fully saturated rings. The molecule has 3 nitrogen and oxygen atoms in total. The van der Waals surface area contributed by atoms with E-state index in [9.17, 15) is 9.90 Å². The predicted octanol–water partition coefficient (Wildman–Crippen LogP) is 2.72. The van der Waals surface area contributed by atoms with Crippen LogP contribution >= 0.6 is 0 Å². The number of fused-ring (bicyclic) bond motifs is 1. The van der Waals surface area contributed by atoms with E-state index in [-0.39, 0.29) is 0 Å². The van der Waals surface area contributed by atoms with Crippen LogP contribution in [-0.2, 0) is 4.79 Å². The minimum absolute atomic E-state index is 0.411. The fraction of sp³-hybridized carbons (Fsp3) is 0.462. The lowest BCUT2D eigenvalue weighted by molar-refractivity contribution is -0.140. The van der Waals surface area contributed by atoms with Crippen LogP contribution in [-0.4, -0.2) is 16.7 Å². The number of carbonyl (C=O) groups is 1. The molecule has 2 rings (SSSR count). The summed E-state index contributed by atoms with van der Waals surface area (Å²) in [6, 6.07) is 5.71. The zero-order valence-corrected chi connectivity index (χ0v) is 9.78. The third-order valence-corrected chi connectivity index (χ3v) is 2.92. The molecule has 1 aliphatic heterocycles. The Balaban J connectivity index is 2.51. The number of benzene rings is 1. The van der Waals surface area contributed by atoms with Gasteiger partial charge in [0.25, 0.3) is 0 Å². The first-order chi connectivity index (χ1) is 7.39. The maximum absolute atomic E-state index is 11.3. The molecule has 1 aromatic rings. The zero-order chi connectivity index (χ0) is 11.9. The molecule has 0 radical (unpaired) electrons. The van der Waals surface area contributed by atoms with Crippen molar-refractivity contribution in [1.29, 1.82) is 0 Å². The number of rotatable bonds is 1. The number of carboxylic acids is 1. The molecule has 0 aromatic heterocycles. The molecule has 1 unspecified atom stereocenters. The van der Waals surface area contributed by atoms with Crippen LogP contribution in [0.25, 0.3) is 0 Å². The minimum Gasteiger partial charge on any atom is -0.488 e. The molecule has 0 bridgehead atoms. The number of aryl methyl sites for hydroxylation is 1. The number of hydrogen-bond donors (Lipinski definition) is 1. The second-order valence-corrected chi connectivity index (χ2v) is 5.00. The van der Waals surface area contributed by atoms with Crippen molar-refractivity contribution in [3.05, 3.63) is 29.3 Å². The van der Waals surface area contributed by atoms with Gasteiger partial charge in [0, 0.05) is 12.0 Å². The number of ether oxygens (including phenoxy) is 1. The van der Waals surface area contributed by atoms with Gasteiger partial charge in [0.1, 0.15) is 11.4 Å². The molecule has 16 heavy (non-hydrogen) atoms. The summed E-state index contributed by atoms with van der Waals surface area (Å²) in [4.78, 5) is 11.3. The van der Waals surface area contributed by atoms with Crippen LogP contribution in [0.5, 0.6) is 5.75 Å². The second-order valence-electron chi connectivity index (χ2n) is 5.00. The fourth-order valence-electron chi connectivity index (χ4n) is 2.19. The van der Waals surface area contributed by atoms with E-state index in [1.54, 1.807) is 0 Å². The van der Waals surface area contributed by atoms with Gasteiger partial charge in [0.05, 0.1) is 5.92 Å². The van der Waals surface area contributed by atoms with Crippen molar-refractivity contribution in [2.45, 2.75) is 38.7 Å². The molecule has 1 N–H and O–H groups in total. The van der Waals surface area contributed by atoms with Crippen LogP contribution < -0.4 is 4.74 Å². The van der Waals surface area contributed by atoms with Crippen molar-refractivity contribution in [2.24, 2.45) is 0 Å². The van der Waals surface area contributed by atoms with Gasteiger partial charge < -0.3 is 9.84 Å². The first kappa shape index (κ1) is 11.0. The van der Waals surface area contributed by atoms with Crippen molar-refractivity contribution in [2.75, 3.05) is 0 Å². The normalized spacial score (nSPS) is 22.1. The van der Waals surface area contributed by atoms with Crippen LogP contribution in [0.2, 0.25) is 0 Å². The van der Waals surface area contributed by atoms with Crippen LogP contribution in [0.3, 0.4) is 0 Å². The molecule has 1 aliphatic rings. The van der Waals surface area contributed by atoms with Crippen molar-refractivity contribution < 1.29 is 14.6 Å². The third kappa shape index (κ3) is 1.90. The molecule has 0 amide bonds. The second kappa shape index (κ2) is 3.51. The monoisotopic (exact) mass is 220 g/mol. The maximum Gasteiger partial charge on any atom is 0.311 e. The average molecular weight is 220 g/mol. The van der Waals surface area contributed by atoms with Gasteiger partial charge >= 0.3 is 5.97 Å². The van der Waals surface area contributed by atoms with Gasteiger partial charge in [-0.1, -0.05) is 17.7 Å². The molecular formula is C13H16O3. The highest BCUT2D eigenvalue weighted by molar-refractivity contribution is 5.78. The summed E-state index contributed by atoms with van der Waals surface area (Å²) in [5, 5.41) is 9.25. The van der Waals surface area contributed by atoms with Crippen molar-refractivity contribution >= 4 is 5.97 Å². The number of carboxylic acid groups (broad SMARTS) is 1. The Morgan fingerprint density at radius 1 is 1.50 bits per heavy atom. The number of hydrogen-bond acceptors (Lipinski definition) is 2. The summed E-state index contributed by atoms with van der Waals surface area (Å²) >= 11 is 0. The third-order valence-electron chi connectivity index (χ3n) is 2.92. The maximum atomic E-state index is 11.3. The minimum atomic E-state index is -0.775. The van der Waals surface area contributed by atoms with Gasteiger partial charge in [-0.15, -0.1) is 0 Å². The van der Waals surface area contributed by atoms with Gasteiger partial charge in [-0.2, -0.15) is 0 Å². The Morgan fingerprint density at radius 3 is 2.81 bits per heavy atom. The van der Waals surface area contributed by atoms with Gasteiger partial charge in [0.2, 0.25) is 0 Å². The largest absolute Gasteiger partial charge is 0.488 e. The highest BCUT2D eigenvalue weighted by Gasteiger charge is 2.37. The first-order valence-corrected chi connectivity index (χ1v) is 5.41. The zero-order valence-electron chi connectivity index (χ0n) is 9.78. The lowest BCUT2D eigenvalue weighted by atomic mass is 9.84. The molecule has 1 atom stereocenters. The van der Waals surface area contributed by atoms with E-state index in [4.69, 9.17) is 4.74 Å². The number of aliphatic carboxylic acids is 1. The molecule has 0 aliphatic carbocycles. The van der Waals surface area contributed by atoms with Crippen molar-refractivity contribution in [1.82, 2.24) is 0 Å². The van der Waals surface area contributed by atoms with Crippen molar-refractivity contribution in [3.8, 4) is 5.75 Å². The van der Waals surface area contributed by atoms with Crippen LogP contribution in [0.1, 0.15) is 37.3 Å². The van der Waals surface area contributed by atoms with Crippen molar-refractivity contribution in [3.63, 3.8) is 0 Å². The highest BCUT2D eigenvalue weighted by atomic mass is 16.5. The molecule has 0 spiro atoms. The Labute approximate surface area is 95.0 Å². The highest BCUT2D eigenvalue weighted by Crippen LogP contribution is 2.41. The van der Waals surface area contributed by atoms with Gasteiger partial charge in [-0.05, 0) is 26.8 Å². The molecule has 1 heterocycles. The standard InChI is InChI=1S/C13H16O3/c1-8-4-5-11-9(6-8)10(12(14)15)7-13(2,3)16-11/h4-6,10H,7H2,1-3H3,(H,14,15). The van der Waals surface area contributed by atoms with E-state index >= 15 is 0 Å². The van der Waals surface area contributed by atoms with E-state index in [1.165, 1.54) is 0 Å². The molecule has 0 saturated carbocycles.